The molecule has 1 aliphatic heterocycles. The van der Waals surface area contributed by atoms with Crippen molar-refractivity contribution in [1.29, 1.82) is 0 Å². The summed E-state index contributed by atoms with van der Waals surface area (Å²) in [5.74, 6) is -0.0977. The van der Waals surface area contributed by atoms with Crippen LogP contribution in [0.3, 0.4) is 0 Å². The van der Waals surface area contributed by atoms with Gasteiger partial charge in [0.25, 0.3) is 0 Å². The van der Waals surface area contributed by atoms with Crippen molar-refractivity contribution in [2.45, 2.75) is 51.7 Å². The fraction of sp³-hybridized carbons (Fsp3) is 0.857. The molecule has 0 aromatic carbocycles. The molecule has 6 heteroatoms. The van der Waals surface area contributed by atoms with Crippen molar-refractivity contribution in [1.82, 2.24) is 10.2 Å². The van der Waals surface area contributed by atoms with E-state index in [1.165, 1.54) is 0 Å². The van der Waals surface area contributed by atoms with E-state index in [1.54, 1.807) is 4.90 Å². The first-order valence-electron chi connectivity index (χ1n) is 7.09. The van der Waals surface area contributed by atoms with Crippen LogP contribution in [0.2, 0.25) is 0 Å². The number of ether oxygens (including phenoxy) is 1. The lowest BCUT2D eigenvalue weighted by Gasteiger charge is -2.34. The van der Waals surface area contributed by atoms with Crippen LogP contribution in [0.1, 0.15) is 40.0 Å². The Morgan fingerprint density at radius 2 is 1.95 bits per heavy atom. The molecule has 1 N–H and O–H groups in total. The number of piperidine rings is 1. The molecule has 0 aromatic heterocycles. The van der Waals surface area contributed by atoms with Gasteiger partial charge in [-0.3, -0.25) is 4.79 Å². The first-order chi connectivity index (χ1) is 9.26. The molecular formula is C14H23ClN2O3. The van der Waals surface area contributed by atoms with Gasteiger partial charge in [0, 0.05) is 19.1 Å². The number of rotatable bonds is 2. The predicted octanol–water partition coefficient (Wildman–Crippen LogP) is 2.13. The van der Waals surface area contributed by atoms with Crippen molar-refractivity contribution >= 4 is 23.6 Å². The Morgan fingerprint density at radius 3 is 2.45 bits per heavy atom. The Balaban J connectivity index is 1.79. The summed E-state index contributed by atoms with van der Waals surface area (Å²) in [6, 6.07) is 0.231. The van der Waals surface area contributed by atoms with Gasteiger partial charge in [-0.15, -0.1) is 11.6 Å². The lowest BCUT2D eigenvalue weighted by atomic mass is 9.93. The quantitative estimate of drug-likeness (QED) is 0.795. The van der Waals surface area contributed by atoms with E-state index in [0.717, 1.165) is 19.3 Å². The standard InChI is InChI=1S/C14H23ClN2O3/c1-13(2,3)20-12(19)17-6-4-14(5-7-17)8-10(14)16-11(18)9-15/h10H,4-9H2,1-3H3,(H,16,18). The zero-order valence-corrected chi connectivity index (χ0v) is 13.1. The van der Waals surface area contributed by atoms with Gasteiger partial charge in [-0.25, -0.2) is 4.79 Å². The van der Waals surface area contributed by atoms with Gasteiger partial charge in [0.05, 0.1) is 0 Å². The Bertz CT molecular complexity index is 398. The highest BCUT2D eigenvalue weighted by atomic mass is 35.5. The van der Waals surface area contributed by atoms with Crippen LogP contribution in [0.5, 0.6) is 0 Å². The zero-order valence-electron chi connectivity index (χ0n) is 12.4. The summed E-state index contributed by atoms with van der Waals surface area (Å²) >= 11 is 5.50. The molecule has 0 bridgehead atoms. The molecule has 0 radical (unpaired) electrons. The number of nitrogens with one attached hydrogen (secondary N) is 1. The molecule has 1 aliphatic carbocycles. The summed E-state index contributed by atoms with van der Waals surface area (Å²) in [6.07, 6.45) is 2.59. The monoisotopic (exact) mass is 302 g/mol. The van der Waals surface area contributed by atoms with Gasteiger partial charge in [0.1, 0.15) is 11.5 Å². The van der Waals surface area contributed by atoms with Gasteiger partial charge in [-0.2, -0.15) is 0 Å². The maximum Gasteiger partial charge on any atom is 0.410 e. The molecule has 1 saturated carbocycles. The second-order valence-corrected chi connectivity index (χ2v) is 7.05. The lowest BCUT2D eigenvalue weighted by molar-refractivity contribution is -0.119. The average Bonchev–Trinajstić information content (AvgIpc) is 2.99. The first kappa shape index (κ1) is 15.4. The molecule has 114 valence electrons. The fourth-order valence-electron chi connectivity index (χ4n) is 2.80. The van der Waals surface area contributed by atoms with Crippen LogP contribution in [0.15, 0.2) is 0 Å². The number of amides is 2. The predicted molar refractivity (Wildman–Crippen MR) is 76.7 cm³/mol. The first-order valence-corrected chi connectivity index (χ1v) is 7.62. The summed E-state index contributed by atoms with van der Waals surface area (Å²) in [6.45, 7) is 7.00. The third-order valence-corrected chi connectivity index (χ3v) is 4.30. The van der Waals surface area contributed by atoms with Gasteiger partial charge in [0.2, 0.25) is 5.91 Å². The summed E-state index contributed by atoms with van der Waals surface area (Å²) in [5.41, 5.74) is -0.275. The Hall–Kier alpha value is -0.970. The van der Waals surface area contributed by atoms with E-state index in [-0.39, 0.29) is 29.3 Å². The number of nitrogens with zero attached hydrogens (tertiary/aromatic N) is 1. The third-order valence-electron chi connectivity index (χ3n) is 4.06. The van der Waals surface area contributed by atoms with Gasteiger partial charge in [-0.1, -0.05) is 0 Å². The van der Waals surface area contributed by atoms with Crippen molar-refractivity contribution in [2.24, 2.45) is 5.41 Å². The minimum atomic E-state index is -0.456. The fourth-order valence-corrected chi connectivity index (χ4v) is 2.88. The molecular weight excluding hydrogens is 280 g/mol. The van der Waals surface area contributed by atoms with Crippen LogP contribution in [0, 0.1) is 5.41 Å². The van der Waals surface area contributed by atoms with E-state index in [0.29, 0.717) is 13.1 Å². The molecule has 1 atom stereocenters. The highest BCUT2D eigenvalue weighted by Crippen LogP contribution is 2.53. The number of halogens is 1. The number of hydrogen-bond acceptors (Lipinski definition) is 3. The van der Waals surface area contributed by atoms with Crippen LogP contribution >= 0.6 is 11.6 Å². The molecule has 2 aliphatic rings. The maximum absolute atomic E-state index is 12.0. The minimum Gasteiger partial charge on any atom is -0.444 e. The molecule has 5 nitrogen and oxygen atoms in total. The Morgan fingerprint density at radius 1 is 1.35 bits per heavy atom. The molecule has 1 unspecified atom stereocenters. The molecule has 1 heterocycles. The molecule has 2 fully saturated rings. The van der Waals surface area contributed by atoms with Gasteiger partial charge < -0.3 is 15.0 Å². The van der Waals surface area contributed by atoms with Gasteiger partial charge >= 0.3 is 6.09 Å². The second-order valence-electron chi connectivity index (χ2n) is 6.79. The molecule has 2 amide bonds. The Kier molecular flexibility index (Phi) is 4.19. The number of carbonyl (C=O) groups is 2. The van der Waals surface area contributed by atoms with E-state index >= 15 is 0 Å². The van der Waals surface area contributed by atoms with Crippen molar-refractivity contribution in [3.8, 4) is 0 Å². The summed E-state index contributed by atoms with van der Waals surface area (Å²) in [4.78, 5) is 25.0. The van der Waals surface area contributed by atoms with Crippen molar-refractivity contribution in [3.05, 3.63) is 0 Å². The largest absolute Gasteiger partial charge is 0.444 e. The van der Waals surface area contributed by atoms with Crippen molar-refractivity contribution in [3.63, 3.8) is 0 Å². The molecule has 1 saturated heterocycles. The normalized spacial score (nSPS) is 24.4. The van der Waals surface area contributed by atoms with Crippen LogP contribution in [0.4, 0.5) is 4.79 Å². The second kappa shape index (κ2) is 5.43. The molecule has 2 rings (SSSR count). The SMILES string of the molecule is CC(C)(C)OC(=O)N1CCC2(CC1)CC2NC(=O)CCl. The Labute approximate surface area is 125 Å². The van der Waals surface area contributed by atoms with Gasteiger partial charge in [-0.05, 0) is 45.4 Å². The summed E-state index contributed by atoms with van der Waals surface area (Å²) < 4.78 is 5.37. The van der Waals surface area contributed by atoms with E-state index in [4.69, 9.17) is 16.3 Å². The number of likely N-dealkylation sites (tertiary alicyclic amines) is 1. The molecule has 20 heavy (non-hydrogen) atoms. The van der Waals surface area contributed by atoms with E-state index < -0.39 is 5.60 Å². The number of alkyl halides is 1. The molecule has 1 spiro atoms. The highest BCUT2D eigenvalue weighted by molar-refractivity contribution is 6.27. The van der Waals surface area contributed by atoms with Crippen molar-refractivity contribution < 1.29 is 14.3 Å². The zero-order chi connectivity index (χ0) is 15.0. The maximum atomic E-state index is 12.0. The minimum absolute atomic E-state index is 0.0105. The summed E-state index contributed by atoms with van der Waals surface area (Å²) in [5, 5.41) is 2.94. The number of carbonyl (C=O) groups excluding carboxylic acids is 2. The molecule has 0 aromatic rings. The highest BCUT2D eigenvalue weighted by Gasteiger charge is 2.56. The van der Waals surface area contributed by atoms with Crippen LogP contribution in [-0.2, 0) is 9.53 Å². The van der Waals surface area contributed by atoms with Crippen LogP contribution in [0.25, 0.3) is 0 Å². The lowest BCUT2D eigenvalue weighted by Crippen LogP contribution is -2.44. The topological polar surface area (TPSA) is 58.6 Å². The van der Waals surface area contributed by atoms with E-state index in [1.807, 2.05) is 20.8 Å². The van der Waals surface area contributed by atoms with E-state index in [2.05, 4.69) is 5.32 Å². The van der Waals surface area contributed by atoms with E-state index in [9.17, 15) is 9.59 Å². The third kappa shape index (κ3) is 3.57. The van der Waals surface area contributed by atoms with Crippen LogP contribution < -0.4 is 5.32 Å². The van der Waals surface area contributed by atoms with Gasteiger partial charge in [0.15, 0.2) is 0 Å². The number of hydrogen-bond donors (Lipinski definition) is 1. The summed E-state index contributed by atoms with van der Waals surface area (Å²) in [7, 11) is 0. The van der Waals surface area contributed by atoms with Crippen LogP contribution in [-0.4, -0.2) is 47.5 Å². The van der Waals surface area contributed by atoms with Crippen molar-refractivity contribution in [2.75, 3.05) is 19.0 Å². The smallest absolute Gasteiger partial charge is 0.410 e. The average molecular weight is 303 g/mol.